The molecular formula is C19H26N4O. The molecule has 1 heterocycles. The summed E-state index contributed by atoms with van der Waals surface area (Å²) in [5.41, 5.74) is 2.31. The second kappa shape index (κ2) is 8.43. The first-order chi connectivity index (χ1) is 11.5. The number of nitrogens with one attached hydrogen (secondary N) is 2. The van der Waals surface area contributed by atoms with Crippen LogP contribution in [0.5, 0.6) is 0 Å². The number of aromatic nitrogens is 2. The number of nitrogens with zero attached hydrogens (tertiary/aromatic N) is 2. The van der Waals surface area contributed by atoms with Crippen LogP contribution in [0.3, 0.4) is 0 Å². The topological polar surface area (TPSA) is 66.9 Å². The van der Waals surface area contributed by atoms with Crippen LogP contribution in [0.15, 0.2) is 36.4 Å². The summed E-state index contributed by atoms with van der Waals surface area (Å²) in [5, 5.41) is 6.18. The van der Waals surface area contributed by atoms with Crippen molar-refractivity contribution in [3.63, 3.8) is 0 Å². The smallest absolute Gasteiger partial charge is 0.270 e. The van der Waals surface area contributed by atoms with E-state index in [1.165, 1.54) is 0 Å². The molecule has 0 spiro atoms. The zero-order valence-electron chi connectivity index (χ0n) is 14.8. The van der Waals surface area contributed by atoms with Gasteiger partial charge in [0.05, 0.1) is 6.04 Å². The Labute approximate surface area is 143 Å². The molecule has 5 heteroatoms. The molecular weight excluding hydrogens is 300 g/mol. The second-order valence-corrected chi connectivity index (χ2v) is 6.43. The Kier molecular flexibility index (Phi) is 6.29. The van der Waals surface area contributed by atoms with E-state index in [1.807, 2.05) is 44.2 Å². The molecule has 1 atom stereocenters. The van der Waals surface area contributed by atoms with Crippen molar-refractivity contribution in [2.24, 2.45) is 5.92 Å². The van der Waals surface area contributed by atoms with Gasteiger partial charge in [0.15, 0.2) is 0 Å². The van der Waals surface area contributed by atoms with Crippen LogP contribution in [0.1, 0.15) is 55.0 Å². The van der Waals surface area contributed by atoms with Crippen molar-refractivity contribution in [1.82, 2.24) is 15.3 Å². The van der Waals surface area contributed by atoms with Crippen LogP contribution >= 0.6 is 0 Å². The van der Waals surface area contributed by atoms with Gasteiger partial charge in [-0.2, -0.15) is 0 Å². The normalized spacial score (nSPS) is 12.0. The van der Waals surface area contributed by atoms with E-state index in [1.54, 1.807) is 6.07 Å². The Balaban J connectivity index is 2.06. The molecule has 0 aliphatic rings. The number of amides is 1. The first kappa shape index (κ1) is 17.9. The van der Waals surface area contributed by atoms with Crippen LogP contribution in [0.4, 0.5) is 5.95 Å². The van der Waals surface area contributed by atoms with Crippen molar-refractivity contribution in [3.8, 4) is 0 Å². The minimum atomic E-state index is -0.156. The molecule has 5 nitrogen and oxygen atoms in total. The molecule has 0 aliphatic carbocycles. The van der Waals surface area contributed by atoms with Gasteiger partial charge < -0.3 is 10.6 Å². The van der Waals surface area contributed by atoms with E-state index in [4.69, 9.17) is 0 Å². The largest absolute Gasteiger partial charge is 0.351 e. The predicted octanol–water partition coefficient (Wildman–Crippen LogP) is 3.73. The van der Waals surface area contributed by atoms with Gasteiger partial charge in [-0.25, -0.2) is 9.97 Å². The number of hydrogen-bond donors (Lipinski definition) is 2. The number of anilines is 1. The SMILES string of the molecule is Cc1cc(C(=O)NCCC(C)C)nc(NC(C)c2ccccc2)n1. The van der Waals surface area contributed by atoms with Gasteiger partial charge in [0.25, 0.3) is 5.91 Å². The second-order valence-electron chi connectivity index (χ2n) is 6.43. The number of carbonyl (C=O) groups is 1. The summed E-state index contributed by atoms with van der Waals surface area (Å²) < 4.78 is 0. The van der Waals surface area contributed by atoms with Crippen LogP contribution < -0.4 is 10.6 Å². The highest BCUT2D eigenvalue weighted by atomic mass is 16.1. The highest BCUT2D eigenvalue weighted by Gasteiger charge is 2.12. The minimum Gasteiger partial charge on any atom is -0.351 e. The van der Waals surface area contributed by atoms with Crippen LogP contribution in [0.2, 0.25) is 0 Å². The fourth-order valence-corrected chi connectivity index (χ4v) is 2.33. The average Bonchev–Trinajstić information content (AvgIpc) is 2.54. The van der Waals surface area contributed by atoms with Crippen molar-refractivity contribution in [2.45, 2.75) is 40.2 Å². The summed E-state index contributed by atoms with van der Waals surface area (Å²) in [5.74, 6) is 0.873. The predicted molar refractivity (Wildman–Crippen MR) is 97.0 cm³/mol. The van der Waals surface area contributed by atoms with Crippen LogP contribution in [-0.2, 0) is 0 Å². The summed E-state index contributed by atoms with van der Waals surface area (Å²) >= 11 is 0. The third-order valence-electron chi connectivity index (χ3n) is 3.74. The van der Waals surface area contributed by atoms with Gasteiger partial charge in [-0.15, -0.1) is 0 Å². The van der Waals surface area contributed by atoms with Crippen molar-refractivity contribution >= 4 is 11.9 Å². The molecule has 1 unspecified atom stereocenters. The third kappa shape index (κ3) is 5.33. The molecule has 2 aromatic rings. The van der Waals surface area contributed by atoms with Gasteiger partial charge in [-0.3, -0.25) is 4.79 Å². The Morgan fingerprint density at radius 2 is 1.83 bits per heavy atom. The molecule has 0 aliphatic heterocycles. The Morgan fingerprint density at radius 3 is 2.50 bits per heavy atom. The zero-order chi connectivity index (χ0) is 17.5. The van der Waals surface area contributed by atoms with E-state index in [0.717, 1.165) is 17.7 Å². The number of rotatable bonds is 7. The van der Waals surface area contributed by atoms with Gasteiger partial charge in [-0.1, -0.05) is 44.2 Å². The molecule has 128 valence electrons. The van der Waals surface area contributed by atoms with Crippen molar-refractivity contribution in [1.29, 1.82) is 0 Å². The molecule has 0 bridgehead atoms. The summed E-state index contributed by atoms with van der Waals surface area (Å²) in [7, 11) is 0. The lowest BCUT2D eigenvalue weighted by Gasteiger charge is -2.15. The van der Waals surface area contributed by atoms with Crippen LogP contribution in [0, 0.1) is 12.8 Å². The summed E-state index contributed by atoms with van der Waals surface area (Å²) in [6.45, 7) is 8.83. The molecule has 2 N–H and O–H groups in total. The van der Waals surface area contributed by atoms with Crippen LogP contribution in [0.25, 0.3) is 0 Å². The minimum absolute atomic E-state index is 0.0600. The Hall–Kier alpha value is -2.43. The van der Waals surface area contributed by atoms with Gasteiger partial charge in [-0.05, 0) is 37.8 Å². The quantitative estimate of drug-likeness (QED) is 0.813. The molecule has 1 aromatic heterocycles. The Morgan fingerprint density at radius 1 is 1.12 bits per heavy atom. The van der Waals surface area contributed by atoms with E-state index in [-0.39, 0.29) is 11.9 Å². The summed E-state index contributed by atoms with van der Waals surface area (Å²) in [4.78, 5) is 21.0. The number of aryl methyl sites for hydroxylation is 1. The summed E-state index contributed by atoms with van der Waals surface area (Å²) in [6, 6.07) is 11.9. The van der Waals surface area contributed by atoms with Gasteiger partial charge in [0.2, 0.25) is 5.95 Å². The van der Waals surface area contributed by atoms with E-state index < -0.39 is 0 Å². The van der Waals surface area contributed by atoms with E-state index >= 15 is 0 Å². The van der Waals surface area contributed by atoms with E-state index in [9.17, 15) is 4.79 Å². The molecule has 1 amide bonds. The van der Waals surface area contributed by atoms with Gasteiger partial charge >= 0.3 is 0 Å². The zero-order valence-corrected chi connectivity index (χ0v) is 14.8. The van der Waals surface area contributed by atoms with Gasteiger partial charge in [0, 0.05) is 12.2 Å². The molecule has 0 saturated carbocycles. The number of benzene rings is 1. The van der Waals surface area contributed by atoms with E-state index in [0.29, 0.717) is 24.1 Å². The average molecular weight is 326 g/mol. The van der Waals surface area contributed by atoms with Gasteiger partial charge in [0.1, 0.15) is 5.69 Å². The lowest BCUT2D eigenvalue weighted by atomic mass is 10.1. The third-order valence-corrected chi connectivity index (χ3v) is 3.74. The molecule has 1 aromatic carbocycles. The number of hydrogen-bond acceptors (Lipinski definition) is 4. The maximum absolute atomic E-state index is 12.3. The van der Waals surface area contributed by atoms with Crippen molar-refractivity contribution < 1.29 is 4.79 Å². The standard InChI is InChI=1S/C19H26N4O/c1-13(2)10-11-20-18(24)17-12-14(3)21-19(23-17)22-15(4)16-8-6-5-7-9-16/h5-9,12-13,15H,10-11H2,1-4H3,(H,20,24)(H,21,22,23). The Bertz CT molecular complexity index is 670. The fourth-order valence-electron chi connectivity index (χ4n) is 2.33. The molecule has 0 radical (unpaired) electrons. The first-order valence-corrected chi connectivity index (χ1v) is 8.41. The lowest BCUT2D eigenvalue weighted by molar-refractivity contribution is 0.0947. The molecule has 2 rings (SSSR count). The maximum atomic E-state index is 12.3. The highest BCUT2D eigenvalue weighted by Crippen LogP contribution is 2.17. The fraction of sp³-hybridized carbons (Fsp3) is 0.421. The summed E-state index contributed by atoms with van der Waals surface area (Å²) in [6.07, 6.45) is 0.950. The number of carbonyl (C=O) groups excluding carboxylic acids is 1. The lowest BCUT2D eigenvalue weighted by Crippen LogP contribution is -2.27. The van der Waals surface area contributed by atoms with Crippen molar-refractivity contribution in [2.75, 3.05) is 11.9 Å². The highest BCUT2D eigenvalue weighted by molar-refractivity contribution is 5.92. The molecule has 24 heavy (non-hydrogen) atoms. The maximum Gasteiger partial charge on any atom is 0.270 e. The first-order valence-electron chi connectivity index (χ1n) is 8.41. The monoisotopic (exact) mass is 326 g/mol. The molecule has 0 saturated heterocycles. The van der Waals surface area contributed by atoms with Crippen LogP contribution in [-0.4, -0.2) is 22.4 Å². The van der Waals surface area contributed by atoms with Crippen molar-refractivity contribution in [3.05, 3.63) is 53.3 Å². The molecule has 0 fully saturated rings. The van der Waals surface area contributed by atoms with E-state index in [2.05, 4.69) is 34.4 Å².